The molecule has 1 aliphatic carbocycles. The molecule has 1 atom stereocenters. The first-order chi connectivity index (χ1) is 9.75. The summed E-state index contributed by atoms with van der Waals surface area (Å²) in [5.74, 6) is -0.203. The molecule has 0 saturated heterocycles. The lowest BCUT2D eigenvalue weighted by Crippen LogP contribution is -2.41. The van der Waals surface area contributed by atoms with Crippen molar-refractivity contribution in [3.63, 3.8) is 0 Å². The van der Waals surface area contributed by atoms with Gasteiger partial charge in [0.2, 0.25) is 0 Å². The van der Waals surface area contributed by atoms with Crippen molar-refractivity contribution in [1.82, 2.24) is 0 Å². The average Bonchev–Trinajstić information content (AvgIpc) is 2.35. The molecule has 1 fully saturated rings. The summed E-state index contributed by atoms with van der Waals surface area (Å²) in [4.78, 5) is 12.4. The predicted octanol–water partition coefficient (Wildman–Crippen LogP) is 3.15. The minimum absolute atomic E-state index is 0.107. The lowest BCUT2D eigenvalue weighted by atomic mass is 9.91. The molecule has 1 saturated carbocycles. The first-order valence-corrected chi connectivity index (χ1v) is 8.20. The van der Waals surface area contributed by atoms with Crippen molar-refractivity contribution < 1.29 is 17.9 Å². The van der Waals surface area contributed by atoms with Gasteiger partial charge < -0.3 is 4.74 Å². The van der Waals surface area contributed by atoms with E-state index in [1.807, 2.05) is 39.8 Å². The third kappa shape index (κ3) is 4.38. The van der Waals surface area contributed by atoms with Crippen molar-refractivity contribution in [3.05, 3.63) is 29.8 Å². The Kier molecular flexibility index (Phi) is 4.84. The fourth-order valence-corrected chi connectivity index (χ4v) is 2.72. The van der Waals surface area contributed by atoms with E-state index in [-0.39, 0.29) is 18.2 Å². The van der Waals surface area contributed by atoms with Crippen molar-refractivity contribution >= 4 is 17.0 Å². The van der Waals surface area contributed by atoms with E-state index in [2.05, 4.69) is 0 Å². The van der Waals surface area contributed by atoms with E-state index in [9.17, 15) is 9.00 Å². The van der Waals surface area contributed by atoms with Gasteiger partial charge in [0.1, 0.15) is 6.10 Å². The molecule has 1 aliphatic rings. The molecule has 4 nitrogen and oxygen atoms in total. The van der Waals surface area contributed by atoms with Crippen molar-refractivity contribution in [2.24, 2.45) is 5.41 Å². The van der Waals surface area contributed by atoms with Gasteiger partial charge in [-0.05, 0) is 39.8 Å². The molecule has 1 unspecified atom stereocenters. The molecule has 0 bridgehead atoms. The highest BCUT2D eigenvalue weighted by molar-refractivity contribution is 7.80. The third-order valence-corrected chi connectivity index (χ3v) is 4.48. The minimum atomic E-state index is -1.46. The van der Waals surface area contributed by atoms with Crippen LogP contribution in [-0.4, -0.2) is 22.4 Å². The van der Waals surface area contributed by atoms with Gasteiger partial charge in [-0.3, -0.25) is 8.98 Å². The van der Waals surface area contributed by atoms with Crippen LogP contribution in [0.5, 0.6) is 0 Å². The summed E-state index contributed by atoms with van der Waals surface area (Å²) < 4.78 is 22.9. The first-order valence-electron chi connectivity index (χ1n) is 7.12. The number of esters is 1. The summed E-state index contributed by atoms with van der Waals surface area (Å²) >= 11 is -1.46. The molecular formula is C16H22O4S. The van der Waals surface area contributed by atoms with Crippen LogP contribution in [0.1, 0.15) is 39.2 Å². The van der Waals surface area contributed by atoms with Gasteiger partial charge >= 0.3 is 5.97 Å². The molecule has 0 aromatic heterocycles. The Bertz CT molecular complexity index is 524. The molecule has 1 aromatic rings. The Hall–Kier alpha value is -1.20. The van der Waals surface area contributed by atoms with Crippen LogP contribution in [0.15, 0.2) is 29.2 Å². The summed E-state index contributed by atoms with van der Waals surface area (Å²) in [5.41, 5.74) is 0.630. The molecular weight excluding hydrogens is 288 g/mol. The van der Waals surface area contributed by atoms with Crippen LogP contribution in [0.3, 0.4) is 0 Å². The maximum Gasteiger partial charge on any atom is 0.311 e. The Morgan fingerprint density at radius 3 is 2.24 bits per heavy atom. The number of ether oxygens (including phenoxy) is 1. The summed E-state index contributed by atoms with van der Waals surface area (Å²) in [6.45, 7) is 7.46. The summed E-state index contributed by atoms with van der Waals surface area (Å²) in [7, 11) is 0. The zero-order valence-corrected chi connectivity index (χ0v) is 13.7. The van der Waals surface area contributed by atoms with Crippen LogP contribution in [0, 0.1) is 12.3 Å². The number of rotatable bonds is 4. The van der Waals surface area contributed by atoms with Crippen molar-refractivity contribution in [1.29, 1.82) is 0 Å². The highest BCUT2D eigenvalue weighted by Crippen LogP contribution is 2.30. The fraction of sp³-hybridized carbons (Fsp3) is 0.562. The van der Waals surface area contributed by atoms with E-state index in [0.29, 0.717) is 17.7 Å². The van der Waals surface area contributed by atoms with E-state index in [0.717, 1.165) is 5.56 Å². The van der Waals surface area contributed by atoms with Gasteiger partial charge in [-0.2, -0.15) is 0 Å². The average molecular weight is 310 g/mol. The number of carbonyl (C=O) groups excluding carboxylic acids is 1. The number of benzene rings is 1. The minimum Gasteiger partial charge on any atom is -0.462 e. The van der Waals surface area contributed by atoms with Crippen LogP contribution < -0.4 is 0 Å². The number of aryl methyl sites for hydroxylation is 1. The van der Waals surface area contributed by atoms with Crippen LogP contribution in [0.2, 0.25) is 0 Å². The molecule has 5 heteroatoms. The Labute approximate surface area is 128 Å². The van der Waals surface area contributed by atoms with Crippen molar-refractivity contribution in [2.45, 2.75) is 57.6 Å². The maximum atomic E-state index is 12.0. The van der Waals surface area contributed by atoms with Crippen LogP contribution in [0.25, 0.3) is 0 Å². The molecule has 0 spiro atoms. The van der Waals surface area contributed by atoms with Crippen LogP contribution in [0.4, 0.5) is 0 Å². The monoisotopic (exact) mass is 310 g/mol. The normalized spacial score (nSPS) is 23.2. The van der Waals surface area contributed by atoms with E-state index < -0.39 is 16.5 Å². The Morgan fingerprint density at radius 2 is 1.71 bits per heavy atom. The van der Waals surface area contributed by atoms with Gasteiger partial charge in [-0.25, -0.2) is 4.21 Å². The van der Waals surface area contributed by atoms with Crippen LogP contribution in [-0.2, 0) is 24.8 Å². The lowest BCUT2D eigenvalue weighted by molar-refractivity contribution is -0.166. The third-order valence-electron chi connectivity index (χ3n) is 3.37. The highest BCUT2D eigenvalue weighted by atomic mass is 32.2. The number of hydrogen-bond acceptors (Lipinski definition) is 4. The standard InChI is InChI=1S/C16H22O4S/c1-11-5-7-14(8-6-11)21(18)20-13-9-12(10-13)19-15(17)16(2,3)4/h5-8,12-13H,9-10H2,1-4H3. The maximum absolute atomic E-state index is 12.0. The van der Waals surface area contributed by atoms with Gasteiger partial charge in [0.25, 0.3) is 0 Å². The van der Waals surface area contributed by atoms with Crippen LogP contribution >= 0.6 is 0 Å². The number of hydrogen-bond donors (Lipinski definition) is 0. The zero-order valence-electron chi connectivity index (χ0n) is 12.9. The molecule has 0 radical (unpaired) electrons. The molecule has 2 rings (SSSR count). The van der Waals surface area contributed by atoms with Crippen molar-refractivity contribution in [2.75, 3.05) is 0 Å². The van der Waals surface area contributed by atoms with Gasteiger partial charge in [0.15, 0.2) is 11.1 Å². The molecule has 1 aromatic carbocycles. The topological polar surface area (TPSA) is 52.6 Å². The smallest absolute Gasteiger partial charge is 0.311 e. The lowest BCUT2D eigenvalue weighted by Gasteiger charge is -2.35. The molecule has 0 amide bonds. The summed E-state index contributed by atoms with van der Waals surface area (Å²) in [5, 5.41) is 0. The number of carbonyl (C=O) groups is 1. The second-order valence-electron chi connectivity index (χ2n) is 6.51. The molecule has 0 aliphatic heterocycles. The Balaban J connectivity index is 1.77. The molecule has 21 heavy (non-hydrogen) atoms. The summed E-state index contributed by atoms with van der Waals surface area (Å²) in [6, 6.07) is 7.43. The van der Waals surface area contributed by atoms with Crippen molar-refractivity contribution in [3.8, 4) is 0 Å². The second kappa shape index (κ2) is 6.28. The first kappa shape index (κ1) is 16.2. The van der Waals surface area contributed by atoms with Gasteiger partial charge in [-0.1, -0.05) is 17.7 Å². The van der Waals surface area contributed by atoms with E-state index >= 15 is 0 Å². The van der Waals surface area contributed by atoms with E-state index in [1.165, 1.54) is 0 Å². The van der Waals surface area contributed by atoms with Gasteiger partial charge in [0.05, 0.1) is 16.4 Å². The van der Waals surface area contributed by atoms with E-state index in [1.54, 1.807) is 12.1 Å². The predicted molar refractivity (Wildman–Crippen MR) is 81.0 cm³/mol. The zero-order chi connectivity index (χ0) is 15.6. The summed E-state index contributed by atoms with van der Waals surface area (Å²) in [6.07, 6.45) is 1.00. The largest absolute Gasteiger partial charge is 0.462 e. The quantitative estimate of drug-likeness (QED) is 0.802. The molecule has 0 N–H and O–H groups in total. The van der Waals surface area contributed by atoms with E-state index in [4.69, 9.17) is 8.92 Å². The highest BCUT2D eigenvalue weighted by Gasteiger charge is 2.37. The Morgan fingerprint density at radius 1 is 1.14 bits per heavy atom. The fourth-order valence-electron chi connectivity index (χ4n) is 1.85. The molecule has 0 heterocycles. The van der Waals surface area contributed by atoms with Gasteiger partial charge in [-0.15, -0.1) is 0 Å². The van der Waals surface area contributed by atoms with Gasteiger partial charge in [0, 0.05) is 12.8 Å². The molecule has 116 valence electrons. The SMILES string of the molecule is Cc1ccc(S(=O)OC2CC(OC(=O)C(C)(C)C)C2)cc1. The second-order valence-corrected chi connectivity index (χ2v) is 7.65.